The average molecular weight is 375 g/mol. The minimum atomic E-state index is -3.03. The van der Waals surface area contributed by atoms with E-state index in [1.165, 1.54) is 6.20 Å². The highest BCUT2D eigenvalue weighted by molar-refractivity contribution is 7.91. The zero-order valence-electron chi connectivity index (χ0n) is 14.4. The Morgan fingerprint density at radius 1 is 1.19 bits per heavy atom. The summed E-state index contributed by atoms with van der Waals surface area (Å²) < 4.78 is 25.2. The maximum absolute atomic E-state index is 12.8. The largest absolute Gasteiger partial charge is 0.336 e. The lowest BCUT2D eigenvalue weighted by Gasteiger charge is -2.28. The minimum Gasteiger partial charge on any atom is -0.336 e. The molecule has 8 heteroatoms. The molecule has 4 rings (SSSR count). The highest BCUT2D eigenvalue weighted by Crippen LogP contribution is 2.32. The van der Waals surface area contributed by atoms with E-state index in [4.69, 9.17) is 0 Å². The highest BCUT2D eigenvalue weighted by atomic mass is 32.2. The number of carbonyl (C=O) groups excluding carboxylic acids is 1. The summed E-state index contributed by atoms with van der Waals surface area (Å²) in [5.74, 6) is 0.216. The Bertz CT molecular complexity index is 1010. The summed E-state index contributed by atoms with van der Waals surface area (Å²) in [5, 5.41) is 4.74. The highest BCUT2D eigenvalue weighted by Gasteiger charge is 2.41. The van der Waals surface area contributed by atoms with Gasteiger partial charge in [0.2, 0.25) is 11.3 Å². The van der Waals surface area contributed by atoms with Crippen molar-refractivity contribution in [1.29, 1.82) is 0 Å². The second-order valence-electron chi connectivity index (χ2n) is 7.09. The van der Waals surface area contributed by atoms with Crippen LogP contribution in [0.3, 0.4) is 0 Å². The van der Waals surface area contributed by atoms with Crippen molar-refractivity contribution in [2.24, 2.45) is 0 Å². The first-order valence-electron chi connectivity index (χ1n) is 8.91. The summed E-state index contributed by atoms with van der Waals surface area (Å²) in [5.41, 5.74) is 0.563. The second-order valence-corrected chi connectivity index (χ2v) is 9.32. The molecular weight excluding hydrogens is 354 g/mol. The quantitative estimate of drug-likeness (QED) is 0.777. The molecule has 0 spiro atoms. The smallest absolute Gasteiger partial charge is 0.224 e. The zero-order chi connectivity index (χ0) is 18.3. The molecular formula is C18H21N3O4S. The molecule has 1 aliphatic heterocycles. The number of rotatable bonds is 5. The van der Waals surface area contributed by atoms with Gasteiger partial charge >= 0.3 is 0 Å². The molecule has 7 nitrogen and oxygen atoms in total. The molecule has 1 aromatic carbocycles. The third-order valence-corrected chi connectivity index (χ3v) is 6.88. The summed E-state index contributed by atoms with van der Waals surface area (Å²) in [6, 6.07) is 7.18. The normalized spacial score (nSPS) is 21.8. The lowest BCUT2D eigenvalue weighted by atomic mass is 10.2. The number of aryl methyl sites for hydroxylation is 1. The van der Waals surface area contributed by atoms with Gasteiger partial charge in [-0.1, -0.05) is 12.1 Å². The van der Waals surface area contributed by atoms with Crippen LogP contribution in [0.5, 0.6) is 0 Å². The molecule has 1 saturated heterocycles. The van der Waals surface area contributed by atoms with Crippen LogP contribution in [-0.2, 0) is 21.2 Å². The van der Waals surface area contributed by atoms with Gasteiger partial charge in [-0.25, -0.2) is 8.42 Å². The number of carbonyl (C=O) groups is 1. The van der Waals surface area contributed by atoms with Crippen molar-refractivity contribution < 1.29 is 13.2 Å². The van der Waals surface area contributed by atoms with Crippen LogP contribution in [0.4, 0.5) is 0 Å². The van der Waals surface area contributed by atoms with Crippen LogP contribution >= 0.6 is 0 Å². The Kier molecular flexibility index (Phi) is 4.30. The van der Waals surface area contributed by atoms with Gasteiger partial charge in [0.05, 0.1) is 29.8 Å². The summed E-state index contributed by atoms with van der Waals surface area (Å²) in [7, 11) is -3.03. The second kappa shape index (κ2) is 6.50. The molecule has 0 radical (unpaired) electrons. The Morgan fingerprint density at radius 3 is 2.65 bits per heavy atom. The molecule has 0 bridgehead atoms. The van der Waals surface area contributed by atoms with E-state index in [1.54, 1.807) is 21.7 Å². The Balaban J connectivity index is 1.51. The number of sulfone groups is 1. The minimum absolute atomic E-state index is 0.0285. The molecule has 138 valence electrons. The van der Waals surface area contributed by atoms with E-state index >= 15 is 0 Å². The number of aromatic nitrogens is 2. The van der Waals surface area contributed by atoms with Gasteiger partial charge in [-0.05, 0) is 31.4 Å². The third-order valence-electron chi connectivity index (χ3n) is 5.13. The fourth-order valence-electron chi connectivity index (χ4n) is 3.72. The third kappa shape index (κ3) is 3.38. The zero-order valence-corrected chi connectivity index (χ0v) is 15.2. The molecule has 1 aliphatic carbocycles. The molecule has 0 N–H and O–H groups in total. The number of fused-ring (bicyclic) bond motifs is 1. The van der Waals surface area contributed by atoms with Gasteiger partial charge in [0, 0.05) is 23.9 Å². The maximum atomic E-state index is 12.8. The number of para-hydroxylation sites is 1. The molecule has 1 aromatic heterocycles. The van der Waals surface area contributed by atoms with E-state index in [0.717, 1.165) is 12.8 Å². The van der Waals surface area contributed by atoms with Gasteiger partial charge in [0.15, 0.2) is 9.84 Å². The van der Waals surface area contributed by atoms with Gasteiger partial charge in [0.1, 0.15) is 0 Å². The molecule has 1 atom stereocenters. The number of hydrogen-bond acceptors (Lipinski definition) is 5. The number of amides is 1. The van der Waals surface area contributed by atoms with E-state index in [9.17, 15) is 18.0 Å². The van der Waals surface area contributed by atoms with Crippen molar-refractivity contribution in [2.75, 3.05) is 11.5 Å². The van der Waals surface area contributed by atoms with Crippen LogP contribution in [-0.4, -0.2) is 52.6 Å². The number of hydrogen-bond donors (Lipinski definition) is 0. The first-order chi connectivity index (χ1) is 12.4. The summed E-state index contributed by atoms with van der Waals surface area (Å²) >= 11 is 0. The number of benzene rings is 1. The molecule has 1 saturated carbocycles. The standard InChI is InChI=1S/C18H21N3O4S/c22-17-11-19-20(16-4-2-1-3-15(16)17)9-7-18(23)21(13-5-6-13)14-8-10-26(24,25)12-14/h1-4,11,13-14H,5-10,12H2. The van der Waals surface area contributed by atoms with E-state index in [0.29, 0.717) is 23.9 Å². The van der Waals surface area contributed by atoms with E-state index in [-0.39, 0.29) is 41.3 Å². The van der Waals surface area contributed by atoms with Crippen LogP contribution < -0.4 is 5.43 Å². The molecule has 1 amide bonds. The summed E-state index contributed by atoms with van der Waals surface area (Å²) in [6.45, 7) is 0.363. The lowest BCUT2D eigenvalue weighted by Crippen LogP contribution is -2.43. The molecule has 2 aliphatic rings. The molecule has 2 aromatic rings. The fraction of sp³-hybridized carbons (Fsp3) is 0.500. The van der Waals surface area contributed by atoms with Crippen molar-refractivity contribution in [2.45, 2.75) is 44.3 Å². The Labute approximate surface area is 151 Å². The van der Waals surface area contributed by atoms with Crippen LogP contribution in [0.2, 0.25) is 0 Å². The summed E-state index contributed by atoms with van der Waals surface area (Å²) in [4.78, 5) is 26.5. The first-order valence-corrected chi connectivity index (χ1v) is 10.7. The maximum Gasteiger partial charge on any atom is 0.224 e. The van der Waals surface area contributed by atoms with Crippen LogP contribution in [0.15, 0.2) is 35.3 Å². The van der Waals surface area contributed by atoms with Gasteiger partial charge in [-0.2, -0.15) is 5.10 Å². The van der Waals surface area contributed by atoms with Gasteiger partial charge in [-0.3, -0.25) is 14.3 Å². The molecule has 2 fully saturated rings. The van der Waals surface area contributed by atoms with Crippen LogP contribution in [0, 0.1) is 0 Å². The SMILES string of the molecule is O=C(CCn1ncc(=O)c2ccccc21)N(C1CC1)C1CCS(=O)(=O)C1. The molecule has 26 heavy (non-hydrogen) atoms. The van der Waals surface area contributed by atoms with Gasteiger partial charge in [-0.15, -0.1) is 0 Å². The predicted octanol–water partition coefficient (Wildman–Crippen LogP) is 0.965. The topological polar surface area (TPSA) is 89.3 Å². The van der Waals surface area contributed by atoms with E-state index in [2.05, 4.69) is 5.10 Å². The first kappa shape index (κ1) is 17.2. The monoisotopic (exact) mass is 375 g/mol. The van der Waals surface area contributed by atoms with Crippen molar-refractivity contribution >= 4 is 26.6 Å². The Morgan fingerprint density at radius 2 is 1.96 bits per heavy atom. The number of nitrogens with zero attached hydrogens (tertiary/aromatic N) is 3. The van der Waals surface area contributed by atoms with Crippen molar-refractivity contribution in [3.8, 4) is 0 Å². The molecule has 2 heterocycles. The average Bonchev–Trinajstić information content (AvgIpc) is 3.38. The van der Waals surface area contributed by atoms with E-state index in [1.807, 2.05) is 12.1 Å². The van der Waals surface area contributed by atoms with E-state index < -0.39 is 9.84 Å². The lowest BCUT2D eigenvalue weighted by molar-refractivity contribution is -0.134. The molecule has 1 unspecified atom stereocenters. The van der Waals surface area contributed by atoms with Crippen LogP contribution in [0.25, 0.3) is 10.9 Å². The van der Waals surface area contributed by atoms with Crippen LogP contribution in [0.1, 0.15) is 25.7 Å². The fourth-order valence-corrected chi connectivity index (χ4v) is 5.43. The van der Waals surface area contributed by atoms with Crippen molar-refractivity contribution in [3.05, 3.63) is 40.7 Å². The van der Waals surface area contributed by atoms with Crippen molar-refractivity contribution in [1.82, 2.24) is 14.7 Å². The van der Waals surface area contributed by atoms with Gasteiger partial charge < -0.3 is 4.90 Å². The van der Waals surface area contributed by atoms with Crippen molar-refractivity contribution in [3.63, 3.8) is 0 Å². The Hall–Kier alpha value is -2.22. The predicted molar refractivity (Wildman–Crippen MR) is 97.5 cm³/mol. The summed E-state index contributed by atoms with van der Waals surface area (Å²) in [6.07, 6.45) is 3.94. The van der Waals surface area contributed by atoms with Gasteiger partial charge in [0.25, 0.3) is 0 Å².